The van der Waals surface area contributed by atoms with Gasteiger partial charge in [-0.25, -0.2) is 4.79 Å². The van der Waals surface area contributed by atoms with Gasteiger partial charge in [0.1, 0.15) is 11.8 Å². The van der Waals surface area contributed by atoms with Gasteiger partial charge in [0.05, 0.1) is 10.6 Å². The third-order valence-electron chi connectivity index (χ3n) is 2.49. The van der Waals surface area contributed by atoms with Crippen LogP contribution in [0.25, 0.3) is 6.08 Å². The highest BCUT2D eigenvalue weighted by molar-refractivity contribution is 6.31. The number of ether oxygens (including phenoxy) is 1. The van der Waals surface area contributed by atoms with Gasteiger partial charge < -0.3 is 4.74 Å². The largest absolute Gasteiger partial charge is 0.423 e. The molecule has 0 saturated carbocycles. The Morgan fingerprint density at radius 3 is 2.60 bits per heavy atom. The van der Waals surface area contributed by atoms with Crippen LogP contribution >= 0.6 is 11.6 Å². The summed E-state index contributed by atoms with van der Waals surface area (Å²) in [5.41, 5.74) is 1.24. The van der Waals surface area contributed by atoms with Crippen molar-refractivity contribution in [2.24, 2.45) is 0 Å². The van der Waals surface area contributed by atoms with E-state index < -0.39 is 5.97 Å². The molecule has 2 aromatic rings. The van der Waals surface area contributed by atoms with E-state index in [-0.39, 0.29) is 5.02 Å². The van der Waals surface area contributed by atoms with Crippen LogP contribution in [-0.4, -0.2) is 5.97 Å². The second-order valence-electron chi connectivity index (χ2n) is 3.92. The fourth-order valence-electron chi connectivity index (χ4n) is 1.53. The van der Waals surface area contributed by atoms with Gasteiger partial charge in [-0.05, 0) is 23.8 Å². The molecule has 0 heterocycles. The molecule has 20 heavy (non-hydrogen) atoms. The summed E-state index contributed by atoms with van der Waals surface area (Å²) < 4.78 is 5.10. The zero-order chi connectivity index (χ0) is 14.4. The van der Waals surface area contributed by atoms with E-state index in [9.17, 15) is 4.79 Å². The molecule has 2 rings (SSSR count). The van der Waals surface area contributed by atoms with Crippen molar-refractivity contribution >= 4 is 23.6 Å². The van der Waals surface area contributed by atoms with Crippen LogP contribution in [0, 0.1) is 11.3 Å². The van der Waals surface area contributed by atoms with E-state index >= 15 is 0 Å². The van der Waals surface area contributed by atoms with Crippen molar-refractivity contribution in [3.05, 3.63) is 70.8 Å². The lowest BCUT2D eigenvalue weighted by Gasteiger charge is -2.02. The highest BCUT2D eigenvalue weighted by Crippen LogP contribution is 2.22. The summed E-state index contributed by atoms with van der Waals surface area (Å²) >= 11 is 5.85. The van der Waals surface area contributed by atoms with Gasteiger partial charge in [-0.3, -0.25) is 0 Å². The van der Waals surface area contributed by atoms with Crippen molar-refractivity contribution in [2.45, 2.75) is 0 Å². The third-order valence-corrected chi connectivity index (χ3v) is 2.80. The standard InChI is InChI=1S/C16H10ClNO2/c17-15-10-14(8-7-13(15)11-18)20-16(19)9-6-12-4-2-1-3-5-12/h1-10H/b9-6+. The molecule has 98 valence electrons. The molecule has 3 nitrogen and oxygen atoms in total. The summed E-state index contributed by atoms with van der Waals surface area (Å²) in [6, 6.07) is 15.8. The molecule has 0 aromatic heterocycles. The van der Waals surface area contributed by atoms with Crippen molar-refractivity contribution in [1.29, 1.82) is 5.26 Å². The first kappa shape index (κ1) is 13.9. The Morgan fingerprint density at radius 2 is 1.95 bits per heavy atom. The van der Waals surface area contributed by atoms with Gasteiger partial charge in [0.15, 0.2) is 0 Å². The average Bonchev–Trinajstić information content (AvgIpc) is 2.46. The fourth-order valence-corrected chi connectivity index (χ4v) is 1.74. The van der Waals surface area contributed by atoms with Crippen molar-refractivity contribution in [2.75, 3.05) is 0 Å². The number of esters is 1. The van der Waals surface area contributed by atoms with Crippen LogP contribution in [0.5, 0.6) is 5.75 Å². The lowest BCUT2D eigenvalue weighted by atomic mass is 10.2. The fraction of sp³-hybridized carbons (Fsp3) is 0. The number of hydrogen-bond donors (Lipinski definition) is 0. The van der Waals surface area contributed by atoms with E-state index in [0.29, 0.717) is 11.3 Å². The zero-order valence-corrected chi connectivity index (χ0v) is 11.2. The predicted octanol–water partition coefficient (Wildman–Crippen LogP) is 3.83. The molecule has 0 unspecified atom stereocenters. The van der Waals surface area contributed by atoms with Gasteiger partial charge in [0.2, 0.25) is 0 Å². The highest BCUT2D eigenvalue weighted by atomic mass is 35.5. The smallest absolute Gasteiger partial charge is 0.336 e. The molecular weight excluding hydrogens is 274 g/mol. The molecular formula is C16H10ClNO2. The number of nitriles is 1. The molecule has 0 aliphatic rings. The Hall–Kier alpha value is -2.57. The lowest BCUT2D eigenvalue weighted by molar-refractivity contribution is -0.128. The first-order valence-corrected chi connectivity index (χ1v) is 6.21. The van der Waals surface area contributed by atoms with Gasteiger partial charge in [-0.1, -0.05) is 41.9 Å². The van der Waals surface area contributed by atoms with Gasteiger partial charge in [-0.2, -0.15) is 5.26 Å². The maximum Gasteiger partial charge on any atom is 0.336 e. The monoisotopic (exact) mass is 283 g/mol. The normalized spacial score (nSPS) is 10.2. The SMILES string of the molecule is N#Cc1ccc(OC(=O)/C=C/c2ccccc2)cc1Cl. The zero-order valence-electron chi connectivity index (χ0n) is 10.4. The molecule has 4 heteroatoms. The van der Waals surface area contributed by atoms with E-state index in [4.69, 9.17) is 21.6 Å². The summed E-state index contributed by atoms with van der Waals surface area (Å²) in [6.07, 6.45) is 3.00. The summed E-state index contributed by atoms with van der Waals surface area (Å²) in [5, 5.41) is 9.00. The Kier molecular flexibility index (Phi) is 4.54. The van der Waals surface area contributed by atoms with Crippen molar-refractivity contribution in [3.63, 3.8) is 0 Å². The minimum Gasteiger partial charge on any atom is -0.423 e. The van der Waals surface area contributed by atoms with Gasteiger partial charge in [-0.15, -0.1) is 0 Å². The topological polar surface area (TPSA) is 50.1 Å². The van der Waals surface area contributed by atoms with E-state index in [1.807, 2.05) is 36.4 Å². The summed E-state index contributed by atoms with van der Waals surface area (Å²) in [4.78, 5) is 11.6. The Bertz CT molecular complexity index is 687. The summed E-state index contributed by atoms with van der Waals surface area (Å²) in [6.45, 7) is 0. The van der Waals surface area contributed by atoms with E-state index in [1.165, 1.54) is 24.3 Å². The van der Waals surface area contributed by atoms with Gasteiger partial charge in [0.25, 0.3) is 0 Å². The van der Waals surface area contributed by atoms with Gasteiger partial charge >= 0.3 is 5.97 Å². The molecule has 0 spiro atoms. The Labute approximate surface area is 121 Å². The van der Waals surface area contributed by atoms with Crippen LogP contribution in [0.3, 0.4) is 0 Å². The minimum absolute atomic E-state index is 0.254. The Balaban J connectivity index is 2.04. The predicted molar refractivity (Wildman–Crippen MR) is 77.3 cm³/mol. The van der Waals surface area contributed by atoms with Crippen molar-refractivity contribution in [1.82, 2.24) is 0 Å². The van der Waals surface area contributed by atoms with Gasteiger partial charge in [0, 0.05) is 12.1 Å². The molecule has 0 aliphatic carbocycles. The number of carbonyl (C=O) groups excluding carboxylic acids is 1. The third kappa shape index (κ3) is 3.71. The van der Waals surface area contributed by atoms with Crippen molar-refractivity contribution in [3.8, 4) is 11.8 Å². The number of halogens is 1. The van der Waals surface area contributed by atoms with Crippen LogP contribution in [0.15, 0.2) is 54.6 Å². The van der Waals surface area contributed by atoms with Crippen LogP contribution in [0.2, 0.25) is 5.02 Å². The number of nitrogens with zero attached hydrogens (tertiary/aromatic N) is 1. The first-order valence-electron chi connectivity index (χ1n) is 5.83. The molecule has 0 saturated heterocycles. The second kappa shape index (κ2) is 6.55. The number of carbonyl (C=O) groups is 1. The lowest BCUT2D eigenvalue weighted by Crippen LogP contribution is -2.03. The van der Waals surface area contributed by atoms with Crippen LogP contribution in [-0.2, 0) is 4.79 Å². The first-order chi connectivity index (χ1) is 9.69. The molecule has 0 fully saturated rings. The van der Waals surface area contributed by atoms with Crippen LogP contribution in [0.1, 0.15) is 11.1 Å². The number of hydrogen-bond acceptors (Lipinski definition) is 3. The molecule has 0 aliphatic heterocycles. The molecule has 2 aromatic carbocycles. The van der Waals surface area contributed by atoms with Crippen LogP contribution in [0.4, 0.5) is 0 Å². The second-order valence-corrected chi connectivity index (χ2v) is 4.33. The quantitative estimate of drug-likeness (QED) is 0.489. The van der Waals surface area contributed by atoms with E-state index in [1.54, 1.807) is 6.08 Å². The molecule has 0 amide bonds. The van der Waals surface area contributed by atoms with E-state index in [2.05, 4.69) is 0 Å². The maximum absolute atomic E-state index is 11.6. The molecule has 0 N–H and O–H groups in total. The van der Waals surface area contributed by atoms with E-state index in [0.717, 1.165) is 5.56 Å². The minimum atomic E-state index is -0.505. The maximum atomic E-state index is 11.6. The number of rotatable bonds is 3. The molecule has 0 radical (unpaired) electrons. The summed E-state index contributed by atoms with van der Waals surface area (Å²) in [7, 11) is 0. The Morgan fingerprint density at radius 1 is 1.20 bits per heavy atom. The highest BCUT2D eigenvalue weighted by Gasteiger charge is 2.04. The van der Waals surface area contributed by atoms with Crippen molar-refractivity contribution < 1.29 is 9.53 Å². The number of benzene rings is 2. The molecule has 0 atom stereocenters. The summed E-state index contributed by atoms with van der Waals surface area (Å²) in [5.74, 6) is -0.202. The van der Waals surface area contributed by atoms with Crippen LogP contribution < -0.4 is 4.74 Å². The molecule has 0 bridgehead atoms. The average molecular weight is 284 g/mol.